The fraction of sp³-hybridized carbons (Fsp3) is 0.462. The molecular weight excluding hydrogens is 248 g/mol. The minimum atomic E-state index is 0.239. The van der Waals surface area contributed by atoms with Crippen LogP contribution in [0.25, 0.3) is 11.0 Å². The summed E-state index contributed by atoms with van der Waals surface area (Å²) < 4.78 is 13.4. The van der Waals surface area contributed by atoms with E-state index in [1.54, 1.807) is 14.2 Å². The van der Waals surface area contributed by atoms with Crippen LogP contribution in [0.3, 0.4) is 0 Å². The highest BCUT2D eigenvalue weighted by molar-refractivity contribution is 7.71. The number of rotatable bonds is 5. The second kappa shape index (κ2) is 5.54. The van der Waals surface area contributed by atoms with Crippen molar-refractivity contribution in [1.82, 2.24) is 9.55 Å². The molecule has 18 heavy (non-hydrogen) atoms. The van der Waals surface area contributed by atoms with Crippen LogP contribution in [-0.2, 0) is 4.74 Å². The Balaban J connectivity index is 2.63. The van der Waals surface area contributed by atoms with Gasteiger partial charge in [0.25, 0.3) is 0 Å². The van der Waals surface area contributed by atoms with Crippen LogP contribution in [0.1, 0.15) is 19.4 Å². The average Bonchev–Trinajstić information content (AvgIpc) is 2.72. The molecule has 1 atom stereocenters. The monoisotopic (exact) mass is 266 g/mol. The molecule has 1 aromatic heterocycles. The lowest BCUT2D eigenvalue weighted by atomic mass is 10.2. The van der Waals surface area contributed by atoms with E-state index in [9.17, 15) is 0 Å². The van der Waals surface area contributed by atoms with Gasteiger partial charge >= 0.3 is 0 Å². The summed E-state index contributed by atoms with van der Waals surface area (Å²) in [6, 6.07) is 6.18. The third-order valence-electron chi connectivity index (χ3n) is 3.13. The third-order valence-corrected chi connectivity index (χ3v) is 3.43. The molecule has 0 aliphatic carbocycles. The van der Waals surface area contributed by atoms with Gasteiger partial charge in [-0.05, 0) is 30.8 Å². The fourth-order valence-electron chi connectivity index (χ4n) is 2.22. The number of methoxy groups -OCH3 is 2. The number of benzene rings is 1. The SMILES string of the molecule is CCC(COC)n1c(=S)[nH]c2c(OC)cccc21. The van der Waals surface area contributed by atoms with Gasteiger partial charge in [-0.15, -0.1) is 0 Å². The predicted molar refractivity (Wildman–Crippen MR) is 74.9 cm³/mol. The highest BCUT2D eigenvalue weighted by Crippen LogP contribution is 2.27. The summed E-state index contributed by atoms with van der Waals surface area (Å²) in [6.07, 6.45) is 0.965. The quantitative estimate of drug-likeness (QED) is 0.844. The minimum absolute atomic E-state index is 0.239. The Bertz CT molecular complexity index is 588. The van der Waals surface area contributed by atoms with Gasteiger partial charge in [0.05, 0.1) is 25.3 Å². The molecule has 0 saturated heterocycles. The van der Waals surface area contributed by atoms with E-state index in [0.29, 0.717) is 11.4 Å². The summed E-state index contributed by atoms with van der Waals surface area (Å²) in [5.41, 5.74) is 2.00. The van der Waals surface area contributed by atoms with Crippen molar-refractivity contribution in [1.29, 1.82) is 0 Å². The van der Waals surface area contributed by atoms with Crippen LogP contribution in [0.5, 0.6) is 5.75 Å². The Hall–Kier alpha value is -1.33. The van der Waals surface area contributed by atoms with E-state index in [1.165, 1.54) is 0 Å². The summed E-state index contributed by atoms with van der Waals surface area (Å²) in [4.78, 5) is 3.22. The molecular formula is C13H18N2O2S. The molecule has 1 N–H and O–H groups in total. The highest BCUT2D eigenvalue weighted by atomic mass is 32.1. The zero-order valence-corrected chi connectivity index (χ0v) is 11.7. The van der Waals surface area contributed by atoms with E-state index in [2.05, 4.69) is 16.5 Å². The summed E-state index contributed by atoms with van der Waals surface area (Å²) >= 11 is 5.41. The van der Waals surface area contributed by atoms with Gasteiger partial charge in [0.1, 0.15) is 11.3 Å². The molecule has 0 amide bonds. The van der Waals surface area contributed by atoms with Crippen LogP contribution < -0.4 is 4.74 Å². The number of aromatic amines is 1. The van der Waals surface area contributed by atoms with E-state index in [-0.39, 0.29) is 6.04 Å². The Labute approximate surface area is 112 Å². The topological polar surface area (TPSA) is 39.2 Å². The molecule has 0 aliphatic rings. The van der Waals surface area contributed by atoms with Gasteiger partial charge in [0.2, 0.25) is 0 Å². The molecule has 2 aromatic rings. The molecule has 0 spiro atoms. The normalized spacial score (nSPS) is 12.8. The third kappa shape index (κ3) is 2.15. The number of H-pyrrole nitrogens is 1. The second-order valence-corrected chi connectivity index (χ2v) is 4.56. The fourth-order valence-corrected chi connectivity index (χ4v) is 2.57. The smallest absolute Gasteiger partial charge is 0.178 e. The summed E-state index contributed by atoms with van der Waals surface area (Å²) in [5.74, 6) is 0.810. The molecule has 1 heterocycles. The second-order valence-electron chi connectivity index (χ2n) is 4.17. The van der Waals surface area contributed by atoms with Crippen molar-refractivity contribution in [3.63, 3.8) is 0 Å². The Morgan fingerprint density at radius 1 is 1.39 bits per heavy atom. The number of hydrogen-bond donors (Lipinski definition) is 1. The molecule has 0 aliphatic heterocycles. The van der Waals surface area contributed by atoms with Crippen LogP contribution >= 0.6 is 12.2 Å². The van der Waals surface area contributed by atoms with Crippen LogP contribution in [0.4, 0.5) is 0 Å². The van der Waals surface area contributed by atoms with Gasteiger partial charge in [-0.25, -0.2) is 0 Å². The Kier molecular flexibility index (Phi) is 4.04. The van der Waals surface area contributed by atoms with Crippen molar-refractivity contribution in [2.45, 2.75) is 19.4 Å². The van der Waals surface area contributed by atoms with E-state index in [1.807, 2.05) is 18.2 Å². The zero-order chi connectivity index (χ0) is 13.1. The number of hydrogen-bond acceptors (Lipinski definition) is 3. The average molecular weight is 266 g/mol. The van der Waals surface area contributed by atoms with Gasteiger partial charge in [0, 0.05) is 7.11 Å². The molecule has 0 fully saturated rings. The predicted octanol–water partition coefficient (Wildman–Crippen LogP) is 3.30. The first-order valence-electron chi connectivity index (χ1n) is 5.99. The molecule has 5 heteroatoms. The maximum absolute atomic E-state index is 5.41. The van der Waals surface area contributed by atoms with Gasteiger partial charge in [-0.2, -0.15) is 0 Å². The maximum Gasteiger partial charge on any atom is 0.178 e. The van der Waals surface area contributed by atoms with Gasteiger partial charge in [-0.1, -0.05) is 13.0 Å². The van der Waals surface area contributed by atoms with Crippen molar-refractivity contribution < 1.29 is 9.47 Å². The molecule has 2 rings (SSSR count). The molecule has 1 aromatic carbocycles. The van der Waals surface area contributed by atoms with Crippen LogP contribution in [0.15, 0.2) is 18.2 Å². The zero-order valence-electron chi connectivity index (χ0n) is 10.9. The first-order valence-corrected chi connectivity index (χ1v) is 6.39. The van der Waals surface area contributed by atoms with Crippen molar-refractivity contribution in [2.75, 3.05) is 20.8 Å². The summed E-state index contributed by atoms with van der Waals surface area (Å²) in [6.45, 7) is 2.78. The molecule has 1 unspecified atom stereocenters. The summed E-state index contributed by atoms with van der Waals surface area (Å²) in [5, 5.41) is 0. The van der Waals surface area contributed by atoms with Crippen molar-refractivity contribution >= 4 is 23.3 Å². The lowest BCUT2D eigenvalue weighted by Gasteiger charge is -2.16. The van der Waals surface area contributed by atoms with Crippen molar-refractivity contribution in [3.05, 3.63) is 23.0 Å². The molecule has 0 radical (unpaired) electrons. The van der Waals surface area contributed by atoms with E-state index in [0.717, 1.165) is 23.2 Å². The van der Waals surface area contributed by atoms with E-state index < -0.39 is 0 Å². The minimum Gasteiger partial charge on any atom is -0.494 e. The molecule has 98 valence electrons. The van der Waals surface area contributed by atoms with Crippen molar-refractivity contribution in [2.24, 2.45) is 0 Å². The van der Waals surface area contributed by atoms with Gasteiger partial charge in [0.15, 0.2) is 4.77 Å². The van der Waals surface area contributed by atoms with Gasteiger partial charge < -0.3 is 19.0 Å². The molecule has 0 bridgehead atoms. The first-order chi connectivity index (χ1) is 8.72. The van der Waals surface area contributed by atoms with Crippen molar-refractivity contribution in [3.8, 4) is 5.75 Å². The lowest BCUT2D eigenvalue weighted by molar-refractivity contribution is 0.154. The summed E-state index contributed by atoms with van der Waals surface area (Å²) in [7, 11) is 3.37. The molecule has 4 nitrogen and oxygen atoms in total. The number of fused-ring (bicyclic) bond motifs is 1. The Morgan fingerprint density at radius 3 is 2.78 bits per heavy atom. The number of imidazole rings is 1. The van der Waals surface area contributed by atoms with Crippen LogP contribution in [-0.4, -0.2) is 30.4 Å². The first kappa shape index (κ1) is 13.1. The number of para-hydroxylation sites is 1. The largest absolute Gasteiger partial charge is 0.494 e. The standard InChI is InChI=1S/C13H18N2O2S/c1-4-9(8-16-2)15-10-6-5-7-11(17-3)12(10)14-13(15)18/h5-7,9H,4,8H2,1-3H3,(H,14,18). The van der Waals surface area contributed by atoms with Crippen LogP contribution in [0, 0.1) is 4.77 Å². The Morgan fingerprint density at radius 2 is 2.17 bits per heavy atom. The van der Waals surface area contributed by atoms with Gasteiger partial charge in [-0.3, -0.25) is 0 Å². The van der Waals surface area contributed by atoms with E-state index >= 15 is 0 Å². The number of ether oxygens (including phenoxy) is 2. The maximum atomic E-state index is 5.41. The van der Waals surface area contributed by atoms with Crippen LogP contribution in [0.2, 0.25) is 0 Å². The number of nitrogens with zero attached hydrogens (tertiary/aromatic N) is 1. The number of nitrogens with one attached hydrogen (secondary N) is 1. The number of aromatic nitrogens is 2. The molecule has 0 saturated carbocycles. The van der Waals surface area contributed by atoms with E-state index in [4.69, 9.17) is 21.7 Å². The lowest BCUT2D eigenvalue weighted by Crippen LogP contribution is -2.13. The highest BCUT2D eigenvalue weighted by Gasteiger charge is 2.15.